The number of allylic oxidation sites excluding steroid dienone is 1. The van der Waals surface area contributed by atoms with Crippen LogP contribution in [0.2, 0.25) is 0 Å². The van der Waals surface area contributed by atoms with Crippen molar-refractivity contribution in [3.05, 3.63) is 47.2 Å². The van der Waals surface area contributed by atoms with Crippen LogP contribution in [-0.4, -0.2) is 50.7 Å². The Kier molecular flexibility index (Phi) is 8.31. The maximum Gasteiger partial charge on any atom is 0.274 e. The molecular formula is C17H22N2O6. The minimum absolute atomic E-state index is 0.131. The average molecular weight is 350 g/mol. The Morgan fingerprint density at radius 2 is 1.88 bits per heavy atom. The van der Waals surface area contributed by atoms with Gasteiger partial charge in [-0.15, -0.1) is 0 Å². The van der Waals surface area contributed by atoms with E-state index >= 15 is 0 Å². The van der Waals surface area contributed by atoms with Gasteiger partial charge in [-0.3, -0.25) is 19.2 Å². The van der Waals surface area contributed by atoms with Crippen molar-refractivity contribution in [2.75, 3.05) is 21.3 Å². The van der Waals surface area contributed by atoms with E-state index in [-0.39, 0.29) is 18.2 Å². The third-order valence-electron chi connectivity index (χ3n) is 3.25. The molecule has 8 heteroatoms. The van der Waals surface area contributed by atoms with E-state index in [9.17, 15) is 14.4 Å². The highest BCUT2D eigenvalue weighted by Crippen LogP contribution is 2.10. The highest BCUT2D eigenvalue weighted by molar-refractivity contribution is 5.94. The van der Waals surface area contributed by atoms with Crippen molar-refractivity contribution in [1.29, 1.82) is 0 Å². The summed E-state index contributed by atoms with van der Waals surface area (Å²) >= 11 is 0. The number of hydroxylamine groups is 2. The molecule has 136 valence electrons. The molecule has 0 saturated carbocycles. The van der Waals surface area contributed by atoms with Gasteiger partial charge in [0.2, 0.25) is 0 Å². The summed E-state index contributed by atoms with van der Waals surface area (Å²) in [6, 6.07) is 6.69. The number of methoxy groups -OCH3 is 1. The van der Waals surface area contributed by atoms with E-state index in [0.717, 1.165) is 16.7 Å². The van der Waals surface area contributed by atoms with Crippen LogP contribution in [0, 0.1) is 0 Å². The molecule has 0 saturated heterocycles. The molecule has 0 bridgehead atoms. The lowest BCUT2D eigenvalue weighted by atomic mass is 10.1. The van der Waals surface area contributed by atoms with Gasteiger partial charge in [0.1, 0.15) is 0 Å². The number of benzene rings is 1. The van der Waals surface area contributed by atoms with Gasteiger partial charge in [-0.05, 0) is 24.6 Å². The molecule has 1 unspecified atom stereocenters. The van der Waals surface area contributed by atoms with Crippen molar-refractivity contribution in [3.63, 3.8) is 0 Å². The molecule has 0 aliphatic heterocycles. The summed E-state index contributed by atoms with van der Waals surface area (Å²) in [6.45, 7) is 1.72. The van der Waals surface area contributed by atoms with Gasteiger partial charge in [-0.2, -0.15) is 0 Å². The lowest BCUT2D eigenvalue weighted by molar-refractivity contribution is -0.173. The lowest BCUT2D eigenvalue weighted by Crippen LogP contribution is -2.28. The zero-order chi connectivity index (χ0) is 18.8. The first-order valence-electron chi connectivity index (χ1n) is 7.48. The van der Waals surface area contributed by atoms with Crippen molar-refractivity contribution in [3.8, 4) is 0 Å². The zero-order valence-corrected chi connectivity index (χ0v) is 14.6. The molecule has 0 aromatic heterocycles. The number of carbonyl (C=O) groups excluding carboxylic acids is 3. The molecule has 0 spiro atoms. The minimum atomic E-state index is -0.669. The summed E-state index contributed by atoms with van der Waals surface area (Å²) in [4.78, 5) is 39.8. The van der Waals surface area contributed by atoms with Crippen molar-refractivity contribution in [2.45, 2.75) is 19.8 Å². The van der Waals surface area contributed by atoms with Crippen molar-refractivity contribution < 1.29 is 28.7 Å². The van der Waals surface area contributed by atoms with E-state index < -0.39 is 12.2 Å². The molecule has 0 fully saturated rings. The number of ether oxygens (including phenoxy) is 2. The normalized spacial score (nSPS) is 12.2. The number of carbonyl (C=O) groups is 3. The van der Waals surface area contributed by atoms with Gasteiger partial charge in [0.25, 0.3) is 11.8 Å². The standard InChI is InChI=1S/C17H22N2O6/c1-12(23-3)25-15(11-20)9-16(21)19(24-4)10-13-5-7-14(8-6-13)17(22)18-2/h5-9,11-12H,10H2,1-4H3,(H,18,22)/b15-9-. The first kappa shape index (κ1) is 20.3. The third kappa shape index (κ3) is 6.36. The summed E-state index contributed by atoms with van der Waals surface area (Å²) in [5, 5.41) is 3.58. The lowest BCUT2D eigenvalue weighted by Gasteiger charge is -2.19. The smallest absolute Gasteiger partial charge is 0.274 e. The predicted octanol–water partition coefficient (Wildman–Crippen LogP) is 1.03. The summed E-state index contributed by atoms with van der Waals surface area (Å²) in [5.74, 6) is -0.936. The van der Waals surface area contributed by atoms with E-state index in [1.807, 2.05) is 0 Å². The highest BCUT2D eigenvalue weighted by atomic mass is 16.7. The molecule has 1 atom stereocenters. The van der Waals surface area contributed by atoms with Gasteiger partial charge in [-0.1, -0.05) is 12.1 Å². The Labute approximate surface area is 146 Å². The number of aldehydes is 1. The Balaban J connectivity index is 2.82. The fourth-order valence-corrected chi connectivity index (χ4v) is 1.83. The Bertz CT molecular complexity index is 627. The first-order chi connectivity index (χ1) is 11.9. The van der Waals surface area contributed by atoms with Crippen LogP contribution in [0.5, 0.6) is 0 Å². The van der Waals surface area contributed by atoms with Crippen LogP contribution in [0.1, 0.15) is 22.8 Å². The van der Waals surface area contributed by atoms with E-state index in [0.29, 0.717) is 11.8 Å². The number of hydrogen-bond acceptors (Lipinski definition) is 6. The second kappa shape index (κ2) is 10.2. The SMILES string of the molecule is CNC(=O)c1ccc(CN(OC)C(=O)/C=C(/C=O)OC(C)OC)cc1. The van der Waals surface area contributed by atoms with Crippen LogP contribution >= 0.6 is 0 Å². The summed E-state index contributed by atoms with van der Waals surface area (Å²) < 4.78 is 10.0. The van der Waals surface area contributed by atoms with Gasteiger partial charge < -0.3 is 14.8 Å². The number of nitrogens with one attached hydrogen (secondary N) is 1. The Hall–Kier alpha value is -2.71. The van der Waals surface area contributed by atoms with Crippen LogP contribution in [0.3, 0.4) is 0 Å². The maximum atomic E-state index is 12.2. The molecule has 1 aromatic carbocycles. The number of amides is 2. The van der Waals surface area contributed by atoms with Crippen molar-refractivity contribution in [1.82, 2.24) is 10.4 Å². The second-order valence-corrected chi connectivity index (χ2v) is 4.92. The first-order valence-corrected chi connectivity index (χ1v) is 7.48. The molecule has 1 aromatic rings. The van der Waals surface area contributed by atoms with Crippen LogP contribution < -0.4 is 5.32 Å². The van der Waals surface area contributed by atoms with Gasteiger partial charge in [0, 0.05) is 19.7 Å². The van der Waals surface area contributed by atoms with E-state index in [1.165, 1.54) is 14.2 Å². The summed E-state index contributed by atoms with van der Waals surface area (Å²) in [5.41, 5.74) is 1.25. The molecule has 0 aliphatic carbocycles. The van der Waals surface area contributed by atoms with Crippen LogP contribution in [-0.2, 0) is 30.4 Å². The van der Waals surface area contributed by atoms with Gasteiger partial charge in [-0.25, -0.2) is 5.06 Å². The largest absolute Gasteiger partial charge is 0.462 e. The number of hydrogen-bond donors (Lipinski definition) is 1. The fourth-order valence-electron chi connectivity index (χ4n) is 1.83. The number of nitrogens with zero attached hydrogens (tertiary/aromatic N) is 1. The summed E-state index contributed by atoms with van der Waals surface area (Å²) in [6.07, 6.45) is 0.766. The minimum Gasteiger partial charge on any atom is -0.462 e. The monoisotopic (exact) mass is 350 g/mol. The molecule has 0 heterocycles. The van der Waals surface area contributed by atoms with Gasteiger partial charge >= 0.3 is 0 Å². The highest BCUT2D eigenvalue weighted by Gasteiger charge is 2.15. The van der Waals surface area contributed by atoms with Crippen molar-refractivity contribution in [2.24, 2.45) is 0 Å². The zero-order valence-electron chi connectivity index (χ0n) is 14.6. The van der Waals surface area contributed by atoms with Crippen LogP contribution in [0.25, 0.3) is 0 Å². The number of rotatable bonds is 9. The molecule has 25 heavy (non-hydrogen) atoms. The van der Waals surface area contributed by atoms with E-state index in [1.54, 1.807) is 38.2 Å². The molecule has 2 amide bonds. The topological polar surface area (TPSA) is 94.2 Å². The molecule has 0 radical (unpaired) electrons. The second-order valence-electron chi connectivity index (χ2n) is 4.92. The molecule has 1 N–H and O–H groups in total. The quantitative estimate of drug-likeness (QED) is 0.235. The van der Waals surface area contributed by atoms with Gasteiger partial charge in [0.15, 0.2) is 18.3 Å². The maximum absolute atomic E-state index is 12.2. The molecular weight excluding hydrogens is 328 g/mol. The van der Waals surface area contributed by atoms with Crippen LogP contribution in [0.4, 0.5) is 0 Å². The molecule has 1 rings (SSSR count). The molecule has 0 aliphatic rings. The third-order valence-corrected chi connectivity index (χ3v) is 3.25. The summed E-state index contributed by atoms with van der Waals surface area (Å²) in [7, 11) is 4.30. The fraction of sp³-hybridized carbons (Fsp3) is 0.353. The van der Waals surface area contributed by atoms with E-state index in [2.05, 4.69) is 5.32 Å². The Morgan fingerprint density at radius 3 is 2.36 bits per heavy atom. The van der Waals surface area contributed by atoms with Gasteiger partial charge in [0.05, 0.1) is 19.7 Å². The predicted molar refractivity (Wildman–Crippen MR) is 89.1 cm³/mol. The average Bonchev–Trinajstić information content (AvgIpc) is 2.64. The van der Waals surface area contributed by atoms with E-state index in [4.69, 9.17) is 14.3 Å². The Morgan fingerprint density at radius 1 is 1.24 bits per heavy atom. The van der Waals surface area contributed by atoms with Crippen molar-refractivity contribution >= 4 is 18.1 Å². The molecule has 8 nitrogen and oxygen atoms in total. The van der Waals surface area contributed by atoms with Crippen LogP contribution in [0.15, 0.2) is 36.1 Å².